The highest BCUT2D eigenvalue weighted by atomic mass is 16.5. The van der Waals surface area contributed by atoms with E-state index in [2.05, 4.69) is 16.0 Å². The molecule has 1 aromatic heterocycles. The highest BCUT2D eigenvalue weighted by Gasteiger charge is 2.25. The summed E-state index contributed by atoms with van der Waals surface area (Å²) in [6.07, 6.45) is 3.95. The number of rotatable bonds is 4. The van der Waals surface area contributed by atoms with Crippen molar-refractivity contribution in [3.05, 3.63) is 29.6 Å². The van der Waals surface area contributed by atoms with Crippen LogP contribution in [-0.2, 0) is 16.1 Å². The summed E-state index contributed by atoms with van der Waals surface area (Å²) in [7, 11) is 1.46. The zero-order chi connectivity index (χ0) is 13.7. The predicted molar refractivity (Wildman–Crippen MR) is 73.7 cm³/mol. The predicted octanol–water partition coefficient (Wildman–Crippen LogP) is 2.31. The fourth-order valence-electron chi connectivity index (χ4n) is 2.67. The summed E-state index contributed by atoms with van der Waals surface area (Å²) in [5, 5.41) is 0. The molecule has 0 spiro atoms. The van der Waals surface area contributed by atoms with Gasteiger partial charge in [0.25, 0.3) is 0 Å². The lowest BCUT2D eigenvalue weighted by atomic mass is 9.99. The molecule has 1 aromatic rings. The van der Waals surface area contributed by atoms with Crippen LogP contribution in [0.4, 0.5) is 0 Å². The highest BCUT2D eigenvalue weighted by Crippen LogP contribution is 2.21. The van der Waals surface area contributed by atoms with Crippen molar-refractivity contribution < 1.29 is 9.53 Å². The number of methoxy groups -OCH3 is 1. The molecule has 2 rings (SSSR count). The van der Waals surface area contributed by atoms with E-state index in [1.54, 1.807) is 0 Å². The minimum absolute atomic E-state index is 0.117. The van der Waals surface area contributed by atoms with E-state index in [0.717, 1.165) is 30.9 Å². The molecule has 1 aliphatic rings. The van der Waals surface area contributed by atoms with Crippen LogP contribution in [0.25, 0.3) is 0 Å². The lowest BCUT2D eigenvalue weighted by Gasteiger charge is -2.34. The monoisotopic (exact) mass is 262 g/mol. The largest absolute Gasteiger partial charge is 0.469 e. The zero-order valence-corrected chi connectivity index (χ0v) is 11.8. The Hall–Kier alpha value is -1.42. The van der Waals surface area contributed by atoms with E-state index in [4.69, 9.17) is 4.74 Å². The summed E-state index contributed by atoms with van der Waals surface area (Å²) in [6.45, 7) is 3.87. The molecule has 1 saturated heterocycles. The normalized spacial score (nSPS) is 20.2. The fraction of sp³-hybridized carbons (Fsp3) is 0.600. The number of hydrogen-bond donors (Lipinski definition) is 0. The van der Waals surface area contributed by atoms with Gasteiger partial charge in [-0.2, -0.15) is 0 Å². The van der Waals surface area contributed by atoms with Gasteiger partial charge in [-0.3, -0.25) is 14.7 Å². The smallest absolute Gasteiger partial charge is 0.307 e. The first-order chi connectivity index (χ1) is 9.19. The van der Waals surface area contributed by atoms with Gasteiger partial charge < -0.3 is 4.74 Å². The van der Waals surface area contributed by atoms with E-state index in [9.17, 15) is 4.79 Å². The van der Waals surface area contributed by atoms with Gasteiger partial charge in [0.05, 0.1) is 19.2 Å². The van der Waals surface area contributed by atoms with Crippen LogP contribution in [0, 0.1) is 6.92 Å². The number of esters is 1. The molecule has 104 valence electrons. The van der Waals surface area contributed by atoms with Gasteiger partial charge in [0.2, 0.25) is 0 Å². The first-order valence-electron chi connectivity index (χ1n) is 6.92. The fourth-order valence-corrected chi connectivity index (χ4v) is 2.67. The quantitative estimate of drug-likeness (QED) is 0.781. The van der Waals surface area contributed by atoms with Gasteiger partial charge in [0.15, 0.2) is 0 Å². The van der Waals surface area contributed by atoms with E-state index in [1.807, 2.05) is 19.1 Å². The highest BCUT2D eigenvalue weighted by molar-refractivity contribution is 5.69. The average molecular weight is 262 g/mol. The molecule has 0 aromatic carbocycles. The van der Waals surface area contributed by atoms with Gasteiger partial charge in [-0.25, -0.2) is 0 Å². The van der Waals surface area contributed by atoms with E-state index in [-0.39, 0.29) is 5.97 Å². The van der Waals surface area contributed by atoms with Crippen LogP contribution in [0.1, 0.15) is 37.1 Å². The molecule has 0 N–H and O–H groups in total. The number of ether oxygens (including phenoxy) is 1. The van der Waals surface area contributed by atoms with Crippen LogP contribution >= 0.6 is 0 Å². The molecule has 0 bridgehead atoms. The Morgan fingerprint density at radius 1 is 1.47 bits per heavy atom. The maximum absolute atomic E-state index is 11.5. The van der Waals surface area contributed by atoms with Crippen molar-refractivity contribution in [2.24, 2.45) is 0 Å². The standard InChI is InChI=1S/C15H22N2O2/c1-12-6-5-7-13(16-12)11-17-9-4-3-8-14(17)10-15(18)19-2/h5-7,14H,3-4,8-11H2,1-2H3. The van der Waals surface area contributed by atoms with E-state index in [0.29, 0.717) is 12.5 Å². The Labute approximate surface area is 114 Å². The third-order valence-corrected chi connectivity index (χ3v) is 3.69. The lowest BCUT2D eigenvalue weighted by Crippen LogP contribution is -2.40. The summed E-state index contributed by atoms with van der Waals surface area (Å²) in [5.74, 6) is -0.117. The maximum atomic E-state index is 11.5. The van der Waals surface area contributed by atoms with Gasteiger partial charge in [0.1, 0.15) is 0 Å². The third-order valence-electron chi connectivity index (χ3n) is 3.69. The Kier molecular flexibility index (Phi) is 4.91. The van der Waals surface area contributed by atoms with Crippen molar-refractivity contribution in [3.8, 4) is 0 Å². The van der Waals surface area contributed by atoms with Crippen molar-refractivity contribution >= 4 is 5.97 Å². The third kappa shape index (κ3) is 4.03. The minimum atomic E-state index is -0.117. The summed E-state index contributed by atoms with van der Waals surface area (Å²) in [5.41, 5.74) is 2.12. The Balaban J connectivity index is 2.01. The Morgan fingerprint density at radius 2 is 2.32 bits per heavy atom. The lowest BCUT2D eigenvalue weighted by molar-refractivity contribution is -0.142. The summed E-state index contributed by atoms with van der Waals surface area (Å²) < 4.78 is 4.79. The summed E-state index contributed by atoms with van der Waals surface area (Å²) >= 11 is 0. The van der Waals surface area contributed by atoms with Crippen molar-refractivity contribution in [1.82, 2.24) is 9.88 Å². The molecular formula is C15H22N2O2. The number of carbonyl (C=O) groups excluding carboxylic acids is 1. The van der Waals surface area contributed by atoms with Gasteiger partial charge in [-0.15, -0.1) is 0 Å². The first kappa shape index (κ1) is 14.0. The van der Waals surface area contributed by atoms with Crippen LogP contribution in [0.15, 0.2) is 18.2 Å². The van der Waals surface area contributed by atoms with Crippen LogP contribution in [0.5, 0.6) is 0 Å². The number of nitrogens with zero attached hydrogens (tertiary/aromatic N) is 2. The number of likely N-dealkylation sites (tertiary alicyclic amines) is 1. The number of hydrogen-bond acceptors (Lipinski definition) is 4. The Morgan fingerprint density at radius 3 is 3.05 bits per heavy atom. The topological polar surface area (TPSA) is 42.4 Å². The van der Waals surface area contributed by atoms with Crippen LogP contribution < -0.4 is 0 Å². The maximum Gasteiger partial charge on any atom is 0.307 e. The van der Waals surface area contributed by atoms with Gasteiger partial charge in [-0.05, 0) is 38.4 Å². The van der Waals surface area contributed by atoms with Crippen LogP contribution in [0.2, 0.25) is 0 Å². The molecule has 19 heavy (non-hydrogen) atoms. The molecule has 1 fully saturated rings. The van der Waals surface area contributed by atoms with E-state index in [1.165, 1.54) is 20.0 Å². The molecule has 0 aliphatic carbocycles. The molecule has 1 aliphatic heterocycles. The molecular weight excluding hydrogens is 240 g/mol. The molecule has 4 nitrogen and oxygen atoms in total. The molecule has 2 heterocycles. The van der Waals surface area contributed by atoms with Gasteiger partial charge >= 0.3 is 5.97 Å². The number of aryl methyl sites for hydroxylation is 1. The SMILES string of the molecule is COC(=O)CC1CCCCN1Cc1cccc(C)n1. The molecule has 0 amide bonds. The van der Waals surface area contributed by atoms with Crippen molar-refractivity contribution in [2.45, 2.75) is 45.2 Å². The molecule has 0 radical (unpaired) electrons. The van der Waals surface area contributed by atoms with Gasteiger partial charge in [0, 0.05) is 18.3 Å². The summed E-state index contributed by atoms with van der Waals surface area (Å²) in [4.78, 5) is 18.4. The Bertz CT molecular complexity index is 434. The van der Waals surface area contributed by atoms with Crippen molar-refractivity contribution in [1.29, 1.82) is 0 Å². The second-order valence-corrected chi connectivity index (χ2v) is 5.17. The minimum Gasteiger partial charge on any atom is -0.469 e. The number of carbonyl (C=O) groups is 1. The van der Waals surface area contributed by atoms with Crippen LogP contribution in [-0.4, -0.2) is 35.5 Å². The average Bonchev–Trinajstić information content (AvgIpc) is 2.41. The van der Waals surface area contributed by atoms with E-state index >= 15 is 0 Å². The molecule has 0 saturated carbocycles. The number of aromatic nitrogens is 1. The number of pyridine rings is 1. The first-order valence-corrected chi connectivity index (χ1v) is 6.92. The molecule has 1 unspecified atom stereocenters. The van der Waals surface area contributed by atoms with Crippen LogP contribution in [0.3, 0.4) is 0 Å². The summed E-state index contributed by atoms with van der Waals surface area (Å²) in [6, 6.07) is 6.39. The molecule has 4 heteroatoms. The van der Waals surface area contributed by atoms with Crippen molar-refractivity contribution in [3.63, 3.8) is 0 Å². The molecule has 1 atom stereocenters. The number of piperidine rings is 1. The zero-order valence-electron chi connectivity index (χ0n) is 11.8. The van der Waals surface area contributed by atoms with E-state index < -0.39 is 0 Å². The second kappa shape index (κ2) is 6.66. The second-order valence-electron chi connectivity index (χ2n) is 5.17. The van der Waals surface area contributed by atoms with Crippen molar-refractivity contribution in [2.75, 3.05) is 13.7 Å². The van der Waals surface area contributed by atoms with Gasteiger partial charge in [-0.1, -0.05) is 12.5 Å².